The van der Waals surface area contributed by atoms with Crippen molar-refractivity contribution in [3.05, 3.63) is 0 Å². The number of aliphatic hydroxyl groups is 1. The summed E-state index contributed by atoms with van der Waals surface area (Å²) in [5.41, 5.74) is 0.317. The van der Waals surface area contributed by atoms with Gasteiger partial charge in [-0.1, -0.05) is 0 Å². The Morgan fingerprint density at radius 3 is 2.29 bits per heavy atom. The Hall–Kier alpha value is -0.160. The molecule has 3 aliphatic rings. The van der Waals surface area contributed by atoms with Crippen molar-refractivity contribution in [3.8, 4) is 0 Å². The molecule has 122 valence electrons. The van der Waals surface area contributed by atoms with Crippen LogP contribution in [0, 0.1) is 0 Å². The van der Waals surface area contributed by atoms with E-state index in [9.17, 15) is 5.11 Å². The van der Waals surface area contributed by atoms with Gasteiger partial charge >= 0.3 is 0 Å². The molecule has 2 aliphatic carbocycles. The van der Waals surface area contributed by atoms with Crippen LogP contribution in [-0.4, -0.2) is 70.9 Å². The van der Waals surface area contributed by atoms with Crippen LogP contribution in [0.5, 0.6) is 0 Å². The monoisotopic (exact) mass is 295 g/mol. The lowest BCUT2D eigenvalue weighted by atomic mass is 9.97. The van der Waals surface area contributed by atoms with Crippen molar-refractivity contribution in [1.29, 1.82) is 0 Å². The zero-order valence-electron chi connectivity index (χ0n) is 14.1. The normalized spacial score (nSPS) is 36.3. The Bertz CT molecular complexity index is 356. The second-order valence-electron chi connectivity index (χ2n) is 8.45. The van der Waals surface area contributed by atoms with Crippen LogP contribution < -0.4 is 5.32 Å². The van der Waals surface area contributed by atoms with Crippen molar-refractivity contribution in [3.63, 3.8) is 0 Å². The van der Waals surface area contributed by atoms with Crippen molar-refractivity contribution >= 4 is 0 Å². The van der Waals surface area contributed by atoms with E-state index in [1.165, 1.54) is 45.4 Å². The van der Waals surface area contributed by atoms with E-state index in [2.05, 4.69) is 35.9 Å². The molecule has 1 aliphatic heterocycles. The molecule has 21 heavy (non-hydrogen) atoms. The lowest BCUT2D eigenvalue weighted by Gasteiger charge is -2.44. The molecule has 0 aromatic heterocycles. The maximum absolute atomic E-state index is 9.87. The maximum Gasteiger partial charge on any atom is 0.0614 e. The third-order valence-electron chi connectivity index (χ3n) is 5.75. The molecule has 0 radical (unpaired) electrons. The number of nitrogens with one attached hydrogen (secondary N) is 1. The van der Waals surface area contributed by atoms with E-state index >= 15 is 0 Å². The summed E-state index contributed by atoms with van der Waals surface area (Å²) in [5.74, 6) is 0. The Kier molecular flexibility index (Phi) is 4.34. The summed E-state index contributed by atoms with van der Waals surface area (Å²) in [7, 11) is 0. The summed E-state index contributed by atoms with van der Waals surface area (Å²) in [5, 5.41) is 13.6. The number of aliphatic hydroxyl groups excluding tert-OH is 1. The average Bonchev–Trinajstić information content (AvgIpc) is 3.15. The van der Waals surface area contributed by atoms with Crippen molar-refractivity contribution in [2.75, 3.05) is 32.8 Å². The Labute approximate surface area is 129 Å². The number of nitrogens with zero attached hydrogens (tertiary/aromatic N) is 2. The molecule has 4 nitrogen and oxygen atoms in total. The minimum Gasteiger partial charge on any atom is -0.394 e. The van der Waals surface area contributed by atoms with Crippen LogP contribution in [0.2, 0.25) is 0 Å². The molecule has 1 heterocycles. The fourth-order valence-corrected chi connectivity index (χ4v) is 4.15. The van der Waals surface area contributed by atoms with E-state index in [0.717, 1.165) is 12.8 Å². The van der Waals surface area contributed by atoms with E-state index < -0.39 is 0 Å². The zero-order valence-corrected chi connectivity index (χ0v) is 14.1. The van der Waals surface area contributed by atoms with Crippen molar-refractivity contribution in [2.45, 2.75) is 76.0 Å². The average molecular weight is 295 g/mol. The van der Waals surface area contributed by atoms with Crippen LogP contribution in [-0.2, 0) is 0 Å². The van der Waals surface area contributed by atoms with Gasteiger partial charge in [-0.05, 0) is 52.9 Å². The fourth-order valence-electron chi connectivity index (χ4n) is 4.15. The minimum atomic E-state index is 0.0208. The standard InChI is InChI=1S/C17H33N3O/c1-16(2,3)20-10-8-19(9-11-20)15-6-7-17(12-15,13-21)18-14-4-5-14/h14-15,18,21H,4-13H2,1-3H3. The second kappa shape index (κ2) is 5.80. The van der Waals surface area contributed by atoms with Gasteiger partial charge in [0.2, 0.25) is 0 Å². The van der Waals surface area contributed by atoms with Crippen LogP contribution in [0.1, 0.15) is 52.9 Å². The molecule has 0 aromatic rings. The van der Waals surface area contributed by atoms with Gasteiger partial charge in [0.1, 0.15) is 0 Å². The molecule has 3 fully saturated rings. The number of piperazine rings is 1. The molecule has 3 rings (SSSR count). The van der Waals surface area contributed by atoms with E-state index in [0.29, 0.717) is 24.2 Å². The predicted octanol–water partition coefficient (Wildman–Crippen LogP) is 1.44. The van der Waals surface area contributed by atoms with Gasteiger partial charge in [-0.15, -0.1) is 0 Å². The maximum atomic E-state index is 9.87. The minimum absolute atomic E-state index is 0.0208. The highest BCUT2D eigenvalue weighted by molar-refractivity contribution is 5.03. The lowest BCUT2D eigenvalue weighted by molar-refractivity contribution is 0.0398. The molecule has 2 unspecified atom stereocenters. The Morgan fingerprint density at radius 1 is 1.10 bits per heavy atom. The molecule has 2 N–H and O–H groups in total. The number of hydrogen-bond donors (Lipinski definition) is 2. The first kappa shape index (κ1) is 15.7. The van der Waals surface area contributed by atoms with Gasteiger partial charge in [0.25, 0.3) is 0 Å². The largest absolute Gasteiger partial charge is 0.394 e. The lowest BCUT2D eigenvalue weighted by Crippen LogP contribution is -2.56. The molecule has 0 aromatic carbocycles. The summed E-state index contributed by atoms with van der Waals surface area (Å²) in [6.45, 7) is 12.0. The smallest absolute Gasteiger partial charge is 0.0614 e. The second-order valence-corrected chi connectivity index (χ2v) is 8.45. The summed E-state index contributed by atoms with van der Waals surface area (Å²) in [4.78, 5) is 5.27. The quantitative estimate of drug-likeness (QED) is 0.823. The molecule has 4 heteroatoms. The summed E-state index contributed by atoms with van der Waals surface area (Å²) < 4.78 is 0. The topological polar surface area (TPSA) is 38.7 Å². The van der Waals surface area contributed by atoms with E-state index in [1.807, 2.05) is 0 Å². The predicted molar refractivity (Wildman–Crippen MR) is 86.5 cm³/mol. The highest BCUT2D eigenvalue weighted by Crippen LogP contribution is 2.36. The zero-order chi connectivity index (χ0) is 15.1. The third kappa shape index (κ3) is 3.61. The first-order valence-electron chi connectivity index (χ1n) is 8.80. The molecule has 0 bridgehead atoms. The van der Waals surface area contributed by atoms with Crippen LogP contribution in [0.3, 0.4) is 0 Å². The molecule has 2 saturated carbocycles. The van der Waals surface area contributed by atoms with Crippen LogP contribution in [0.4, 0.5) is 0 Å². The molecular formula is C17H33N3O. The SMILES string of the molecule is CC(C)(C)N1CCN(C2CCC(CO)(NC3CC3)C2)CC1. The molecule has 1 saturated heterocycles. The van der Waals surface area contributed by atoms with E-state index in [1.54, 1.807) is 0 Å². The van der Waals surface area contributed by atoms with Crippen LogP contribution in [0.15, 0.2) is 0 Å². The first-order chi connectivity index (χ1) is 9.92. The highest BCUT2D eigenvalue weighted by Gasteiger charge is 2.44. The van der Waals surface area contributed by atoms with Gasteiger partial charge in [0.15, 0.2) is 0 Å². The van der Waals surface area contributed by atoms with Crippen molar-refractivity contribution in [2.24, 2.45) is 0 Å². The summed E-state index contributed by atoms with van der Waals surface area (Å²) >= 11 is 0. The summed E-state index contributed by atoms with van der Waals surface area (Å²) in [6.07, 6.45) is 6.13. The first-order valence-corrected chi connectivity index (χ1v) is 8.80. The third-order valence-corrected chi connectivity index (χ3v) is 5.75. The van der Waals surface area contributed by atoms with Gasteiger partial charge in [0, 0.05) is 49.3 Å². The Balaban J connectivity index is 1.52. The number of rotatable bonds is 4. The molecule has 0 spiro atoms. The van der Waals surface area contributed by atoms with E-state index in [-0.39, 0.29) is 5.54 Å². The molecule has 2 atom stereocenters. The van der Waals surface area contributed by atoms with Gasteiger partial charge in [-0.2, -0.15) is 0 Å². The Morgan fingerprint density at radius 2 is 1.76 bits per heavy atom. The van der Waals surface area contributed by atoms with Gasteiger partial charge in [-0.25, -0.2) is 0 Å². The van der Waals surface area contributed by atoms with Crippen LogP contribution >= 0.6 is 0 Å². The number of hydrogen-bond acceptors (Lipinski definition) is 4. The molecule has 0 amide bonds. The highest BCUT2D eigenvalue weighted by atomic mass is 16.3. The fraction of sp³-hybridized carbons (Fsp3) is 1.00. The summed E-state index contributed by atoms with van der Waals surface area (Å²) in [6, 6.07) is 1.36. The van der Waals surface area contributed by atoms with Crippen LogP contribution in [0.25, 0.3) is 0 Å². The van der Waals surface area contributed by atoms with Gasteiger partial charge in [-0.3, -0.25) is 9.80 Å². The van der Waals surface area contributed by atoms with Gasteiger partial charge < -0.3 is 10.4 Å². The van der Waals surface area contributed by atoms with E-state index in [4.69, 9.17) is 0 Å². The van der Waals surface area contributed by atoms with Crippen molar-refractivity contribution < 1.29 is 5.11 Å². The van der Waals surface area contributed by atoms with Crippen molar-refractivity contribution in [1.82, 2.24) is 15.1 Å². The molecular weight excluding hydrogens is 262 g/mol. The van der Waals surface area contributed by atoms with Gasteiger partial charge in [0.05, 0.1) is 6.61 Å².